The third kappa shape index (κ3) is 13.3. The Morgan fingerprint density at radius 1 is 0.778 bits per heavy atom. The van der Waals surface area contributed by atoms with E-state index in [0.29, 0.717) is 5.92 Å². The summed E-state index contributed by atoms with van der Waals surface area (Å²) in [6.45, 7) is 10.4. The van der Waals surface area contributed by atoms with Crippen LogP contribution < -0.4 is 10.6 Å². The second-order valence-corrected chi connectivity index (χ2v) is 5.96. The van der Waals surface area contributed by atoms with Crippen LogP contribution in [-0.4, -0.2) is 19.1 Å². The maximum absolute atomic E-state index is 11.4. The Labute approximate surface area is 113 Å². The molecule has 0 rings (SSSR count). The largest absolute Gasteiger partial charge is 0.338 e. The zero-order valence-corrected chi connectivity index (χ0v) is 12.7. The molecular formula is C15H32N2O. The van der Waals surface area contributed by atoms with Gasteiger partial charge in [-0.05, 0) is 24.7 Å². The molecule has 0 fully saturated rings. The molecule has 0 radical (unpaired) electrons. The SMILES string of the molecule is CC(C)CCCCCCNC(=O)NCCC(C)C. The molecule has 3 nitrogen and oxygen atoms in total. The highest BCUT2D eigenvalue weighted by atomic mass is 16.2. The van der Waals surface area contributed by atoms with Gasteiger partial charge in [0, 0.05) is 13.1 Å². The fourth-order valence-corrected chi connectivity index (χ4v) is 1.77. The molecule has 18 heavy (non-hydrogen) atoms. The first-order valence-corrected chi connectivity index (χ1v) is 7.54. The van der Waals surface area contributed by atoms with Crippen molar-refractivity contribution in [1.29, 1.82) is 0 Å². The molecule has 0 saturated heterocycles. The molecular weight excluding hydrogens is 224 g/mol. The minimum absolute atomic E-state index is 0.0159. The predicted molar refractivity (Wildman–Crippen MR) is 78.8 cm³/mol. The number of hydrogen-bond acceptors (Lipinski definition) is 1. The van der Waals surface area contributed by atoms with Gasteiger partial charge in [-0.1, -0.05) is 53.4 Å². The Kier molecular flexibility index (Phi) is 10.9. The minimum atomic E-state index is -0.0159. The summed E-state index contributed by atoms with van der Waals surface area (Å²) in [7, 11) is 0. The molecule has 0 spiro atoms. The number of urea groups is 1. The summed E-state index contributed by atoms with van der Waals surface area (Å²) in [4.78, 5) is 11.4. The molecule has 2 amide bonds. The second-order valence-electron chi connectivity index (χ2n) is 5.96. The van der Waals surface area contributed by atoms with E-state index in [2.05, 4.69) is 38.3 Å². The van der Waals surface area contributed by atoms with E-state index in [0.717, 1.165) is 31.8 Å². The molecule has 0 atom stereocenters. The van der Waals surface area contributed by atoms with Crippen molar-refractivity contribution < 1.29 is 4.79 Å². The zero-order valence-electron chi connectivity index (χ0n) is 12.7. The van der Waals surface area contributed by atoms with Gasteiger partial charge in [-0.2, -0.15) is 0 Å². The standard InChI is InChI=1S/C15H32N2O/c1-13(2)9-7-5-6-8-11-16-15(18)17-12-10-14(3)4/h13-14H,5-12H2,1-4H3,(H2,16,17,18). The summed E-state index contributed by atoms with van der Waals surface area (Å²) in [6, 6.07) is -0.0159. The average Bonchev–Trinajstić information content (AvgIpc) is 2.26. The third-order valence-electron chi connectivity index (χ3n) is 3.00. The molecule has 0 bridgehead atoms. The van der Waals surface area contributed by atoms with Gasteiger partial charge in [0.2, 0.25) is 0 Å². The zero-order chi connectivity index (χ0) is 13.8. The fraction of sp³-hybridized carbons (Fsp3) is 0.933. The van der Waals surface area contributed by atoms with Crippen molar-refractivity contribution in [2.75, 3.05) is 13.1 Å². The van der Waals surface area contributed by atoms with Gasteiger partial charge >= 0.3 is 6.03 Å². The van der Waals surface area contributed by atoms with Crippen LogP contribution >= 0.6 is 0 Å². The van der Waals surface area contributed by atoms with Crippen LogP contribution in [0, 0.1) is 11.8 Å². The fourth-order valence-electron chi connectivity index (χ4n) is 1.77. The van der Waals surface area contributed by atoms with E-state index in [9.17, 15) is 4.79 Å². The minimum Gasteiger partial charge on any atom is -0.338 e. The third-order valence-corrected chi connectivity index (χ3v) is 3.00. The van der Waals surface area contributed by atoms with Gasteiger partial charge in [0.15, 0.2) is 0 Å². The molecule has 0 aromatic rings. The number of nitrogens with one attached hydrogen (secondary N) is 2. The molecule has 2 N–H and O–H groups in total. The molecule has 108 valence electrons. The van der Waals surface area contributed by atoms with Gasteiger partial charge in [0.25, 0.3) is 0 Å². The quantitative estimate of drug-likeness (QED) is 0.571. The lowest BCUT2D eigenvalue weighted by molar-refractivity contribution is 0.240. The molecule has 0 aliphatic heterocycles. The summed E-state index contributed by atoms with van der Waals surface area (Å²) in [5, 5.41) is 5.79. The van der Waals surface area contributed by atoms with Crippen LogP contribution in [0.5, 0.6) is 0 Å². The van der Waals surface area contributed by atoms with E-state index >= 15 is 0 Å². The Morgan fingerprint density at radius 2 is 1.33 bits per heavy atom. The summed E-state index contributed by atoms with van der Waals surface area (Å²) in [5.74, 6) is 1.46. The highest BCUT2D eigenvalue weighted by molar-refractivity contribution is 5.73. The number of unbranched alkanes of at least 4 members (excludes halogenated alkanes) is 3. The van der Waals surface area contributed by atoms with Crippen molar-refractivity contribution in [1.82, 2.24) is 10.6 Å². The lowest BCUT2D eigenvalue weighted by Crippen LogP contribution is -2.36. The summed E-state index contributed by atoms with van der Waals surface area (Å²) < 4.78 is 0. The molecule has 0 aliphatic carbocycles. The van der Waals surface area contributed by atoms with Gasteiger partial charge < -0.3 is 10.6 Å². The molecule has 3 heteroatoms. The molecule has 0 saturated carbocycles. The van der Waals surface area contributed by atoms with E-state index in [-0.39, 0.29) is 6.03 Å². The van der Waals surface area contributed by atoms with Crippen molar-refractivity contribution in [3.8, 4) is 0 Å². The monoisotopic (exact) mass is 256 g/mol. The maximum Gasteiger partial charge on any atom is 0.314 e. The van der Waals surface area contributed by atoms with Crippen LogP contribution in [-0.2, 0) is 0 Å². The first kappa shape index (κ1) is 17.3. The van der Waals surface area contributed by atoms with Crippen LogP contribution in [0.1, 0.15) is 66.2 Å². The number of carbonyl (C=O) groups is 1. The molecule has 0 aromatic heterocycles. The lowest BCUT2D eigenvalue weighted by Gasteiger charge is -2.09. The van der Waals surface area contributed by atoms with Gasteiger partial charge in [0.05, 0.1) is 0 Å². The number of rotatable bonds is 10. The number of hydrogen-bond donors (Lipinski definition) is 2. The average molecular weight is 256 g/mol. The van der Waals surface area contributed by atoms with Crippen LogP contribution in [0.4, 0.5) is 4.79 Å². The number of carbonyl (C=O) groups excluding carboxylic acids is 1. The molecule has 0 unspecified atom stereocenters. The normalized spacial score (nSPS) is 11.0. The highest BCUT2D eigenvalue weighted by Gasteiger charge is 2.00. The van der Waals surface area contributed by atoms with Crippen molar-refractivity contribution in [3.63, 3.8) is 0 Å². The first-order valence-electron chi connectivity index (χ1n) is 7.54. The van der Waals surface area contributed by atoms with Crippen molar-refractivity contribution in [2.45, 2.75) is 66.2 Å². The molecule has 0 heterocycles. The Hall–Kier alpha value is -0.730. The van der Waals surface area contributed by atoms with E-state index in [1.165, 1.54) is 25.7 Å². The summed E-state index contributed by atoms with van der Waals surface area (Å²) in [5.41, 5.74) is 0. The van der Waals surface area contributed by atoms with E-state index in [1.54, 1.807) is 0 Å². The summed E-state index contributed by atoms with van der Waals surface area (Å²) in [6.07, 6.45) is 7.29. The number of amides is 2. The van der Waals surface area contributed by atoms with E-state index < -0.39 is 0 Å². The van der Waals surface area contributed by atoms with Gasteiger partial charge in [-0.15, -0.1) is 0 Å². The van der Waals surface area contributed by atoms with E-state index in [1.807, 2.05) is 0 Å². The summed E-state index contributed by atoms with van der Waals surface area (Å²) >= 11 is 0. The van der Waals surface area contributed by atoms with Gasteiger partial charge in [-0.25, -0.2) is 4.79 Å². The second kappa shape index (κ2) is 11.4. The smallest absolute Gasteiger partial charge is 0.314 e. The Morgan fingerprint density at radius 3 is 1.94 bits per heavy atom. The van der Waals surface area contributed by atoms with Crippen molar-refractivity contribution in [3.05, 3.63) is 0 Å². The molecule has 0 aliphatic rings. The van der Waals surface area contributed by atoms with Crippen LogP contribution in [0.15, 0.2) is 0 Å². The highest BCUT2D eigenvalue weighted by Crippen LogP contribution is 2.08. The molecule has 0 aromatic carbocycles. The van der Waals surface area contributed by atoms with Crippen molar-refractivity contribution >= 4 is 6.03 Å². The van der Waals surface area contributed by atoms with E-state index in [4.69, 9.17) is 0 Å². The lowest BCUT2D eigenvalue weighted by atomic mass is 10.0. The Balaban J connectivity index is 3.20. The predicted octanol–water partition coefficient (Wildman–Crippen LogP) is 3.94. The Bertz CT molecular complexity index is 203. The topological polar surface area (TPSA) is 41.1 Å². The van der Waals surface area contributed by atoms with Crippen LogP contribution in [0.3, 0.4) is 0 Å². The van der Waals surface area contributed by atoms with Gasteiger partial charge in [0.1, 0.15) is 0 Å². The van der Waals surface area contributed by atoms with Crippen LogP contribution in [0.25, 0.3) is 0 Å². The maximum atomic E-state index is 11.4. The van der Waals surface area contributed by atoms with Crippen molar-refractivity contribution in [2.24, 2.45) is 11.8 Å². The first-order chi connectivity index (χ1) is 8.52. The van der Waals surface area contributed by atoms with Crippen LogP contribution in [0.2, 0.25) is 0 Å². The van der Waals surface area contributed by atoms with Gasteiger partial charge in [-0.3, -0.25) is 0 Å².